The Morgan fingerprint density at radius 3 is 2.75 bits per heavy atom. The van der Waals surface area contributed by atoms with Gasteiger partial charge in [-0.3, -0.25) is 0 Å². The van der Waals surface area contributed by atoms with Crippen molar-refractivity contribution < 1.29 is 9.84 Å². The van der Waals surface area contributed by atoms with Crippen molar-refractivity contribution in [3.8, 4) is 0 Å². The van der Waals surface area contributed by atoms with E-state index in [-0.39, 0.29) is 0 Å². The third-order valence-electron chi connectivity index (χ3n) is 4.83. The molecule has 20 heavy (non-hydrogen) atoms. The van der Waals surface area contributed by atoms with Crippen molar-refractivity contribution in [1.82, 2.24) is 0 Å². The zero-order valence-electron chi connectivity index (χ0n) is 12.8. The van der Waals surface area contributed by atoms with Gasteiger partial charge in [-0.1, -0.05) is 43.7 Å². The van der Waals surface area contributed by atoms with E-state index in [9.17, 15) is 5.11 Å². The molecule has 0 heterocycles. The summed E-state index contributed by atoms with van der Waals surface area (Å²) in [5.74, 6) is 1.17. The molecule has 0 aliphatic heterocycles. The maximum atomic E-state index is 10.3. The fourth-order valence-electron chi connectivity index (χ4n) is 3.36. The van der Waals surface area contributed by atoms with Gasteiger partial charge in [0, 0.05) is 6.61 Å². The largest absolute Gasteiger partial charge is 0.390 e. The average molecular weight is 276 g/mol. The molecule has 0 bridgehead atoms. The van der Waals surface area contributed by atoms with E-state index in [0.717, 1.165) is 44.6 Å². The standard InChI is InChI=1S/C18H28O2/c1-3-17-13-15(9-11-18(17,2)19)10-12-20-14-16-7-5-4-6-8-16/h4-8,15,17,19H,3,9-14H2,1-2H3/t15-,17-,18-/m1/s1. The highest BCUT2D eigenvalue weighted by molar-refractivity contribution is 5.13. The highest BCUT2D eigenvalue weighted by Crippen LogP contribution is 2.39. The van der Waals surface area contributed by atoms with Crippen molar-refractivity contribution in [3.05, 3.63) is 35.9 Å². The van der Waals surface area contributed by atoms with Gasteiger partial charge in [-0.05, 0) is 50.0 Å². The molecule has 1 saturated carbocycles. The fraction of sp³-hybridized carbons (Fsp3) is 0.667. The van der Waals surface area contributed by atoms with Crippen molar-refractivity contribution in [3.63, 3.8) is 0 Å². The molecule has 1 aromatic rings. The summed E-state index contributed by atoms with van der Waals surface area (Å²) in [6.07, 6.45) is 5.43. The quantitative estimate of drug-likeness (QED) is 0.790. The molecule has 0 aromatic heterocycles. The van der Waals surface area contributed by atoms with Gasteiger partial charge in [0.15, 0.2) is 0 Å². The summed E-state index contributed by atoms with van der Waals surface area (Å²) in [6.45, 7) is 5.73. The Labute approximate surface area is 123 Å². The summed E-state index contributed by atoms with van der Waals surface area (Å²) in [6, 6.07) is 10.3. The van der Waals surface area contributed by atoms with Gasteiger partial charge in [0.2, 0.25) is 0 Å². The van der Waals surface area contributed by atoms with Gasteiger partial charge in [-0.25, -0.2) is 0 Å². The van der Waals surface area contributed by atoms with E-state index in [1.165, 1.54) is 5.56 Å². The molecule has 0 saturated heterocycles. The van der Waals surface area contributed by atoms with Gasteiger partial charge in [0.05, 0.1) is 12.2 Å². The van der Waals surface area contributed by atoms with Crippen LogP contribution in [0, 0.1) is 11.8 Å². The zero-order chi connectivity index (χ0) is 14.4. The van der Waals surface area contributed by atoms with Crippen molar-refractivity contribution in [2.24, 2.45) is 11.8 Å². The third-order valence-corrected chi connectivity index (χ3v) is 4.83. The lowest BCUT2D eigenvalue weighted by Crippen LogP contribution is -2.40. The average Bonchev–Trinajstić information content (AvgIpc) is 2.46. The van der Waals surface area contributed by atoms with E-state index in [1.54, 1.807) is 0 Å². The van der Waals surface area contributed by atoms with Crippen LogP contribution in [0.2, 0.25) is 0 Å². The smallest absolute Gasteiger partial charge is 0.0716 e. The molecule has 1 aliphatic carbocycles. The molecular formula is C18H28O2. The normalized spacial score (nSPS) is 30.4. The molecular weight excluding hydrogens is 248 g/mol. The topological polar surface area (TPSA) is 29.5 Å². The lowest BCUT2D eigenvalue weighted by Gasteiger charge is -2.40. The molecule has 0 radical (unpaired) electrons. The molecule has 2 nitrogen and oxygen atoms in total. The Kier molecular flexibility index (Phi) is 5.62. The first kappa shape index (κ1) is 15.5. The highest BCUT2D eigenvalue weighted by Gasteiger charge is 2.36. The summed E-state index contributed by atoms with van der Waals surface area (Å²) in [5.41, 5.74) is 0.793. The summed E-state index contributed by atoms with van der Waals surface area (Å²) in [5, 5.41) is 10.3. The monoisotopic (exact) mass is 276 g/mol. The van der Waals surface area contributed by atoms with Crippen molar-refractivity contribution >= 4 is 0 Å². The second-order valence-corrected chi connectivity index (χ2v) is 6.43. The molecule has 0 unspecified atom stereocenters. The van der Waals surface area contributed by atoms with E-state index >= 15 is 0 Å². The molecule has 3 atom stereocenters. The van der Waals surface area contributed by atoms with E-state index in [0.29, 0.717) is 12.5 Å². The molecule has 1 aromatic carbocycles. The first-order chi connectivity index (χ1) is 9.62. The molecule has 0 spiro atoms. The number of hydrogen-bond donors (Lipinski definition) is 1. The number of aliphatic hydroxyl groups is 1. The van der Waals surface area contributed by atoms with Crippen molar-refractivity contribution in [2.45, 2.75) is 58.2 Å². The maximum absolute atomic E-state index is 10.3. The number of benzene rings is 1. The first-order valence-corrected chi connectivity index (χ1v) is 7.96. The van der Waals surface area contributed by atoms with Crippen LogP contribution in [0.1, 0.15) is 51.5 Å². The first-order valence-electron chi connectivity index (χ1n) is 7.96. The molecule has 2 heteroatoms. The second-order valence-electron chi connectivity index (χ2n) is 6.43. The van der Waals surface area contributed by atoms with Crippen LogP contribution in [-0.4, -0.2) is 17.3 Å². The van der Waals surface area contributed by atoms with Gasteiger partial charge >= 0.3 is 0 Å². The lowest BCUT2D eigenvalue weighted by molar-refractivity contribution is -0.0519. The Bertz CT molecular complexity index is 386. The number of rotatable bonds is 6. The van der Waals surface area contributed by atoms with Crippen LogP contribution in [0.25, 0.3) is 0 Å². The summed E-state index contributed by atoms with van der Waals surface area (Å²) in [7, 11) is 0. The minimum Gasteiger partial charge on any atom is -0.390 e. The molecule has 0 amide bonds. The Morgan fingerprint density at radius 2 is 2.05 bits per heavy atom. The molecule has 1 fully saturated rings. The van der Waals surface area contributed by atoms with Crippen LogP contribution < -0.4 is 0 Å². The van der Waals surface area contributed by atoms with Gasteiger partial charge < -0.3 is 9.84 Å². The summed E-state index contributed by atoms with van der Waals surface area (Å²) >= 11 is 0. The molecule has 1 N–H and O–H groups in total. The highest BCUT2D eigenvalue weighted by atomic mass is 16.5. The number of ether oxygens (including phenoxy) is 1. The Hall–Kier alpha value is -0.860. The van der Waals surface area contributed by atoms with E-state index in [1.807, 2.05) is 25.1 Å². The lowest BCUT2D eigenvalue weighted by atomic mass is 9.70. The van der Waals surface area contributed by atoms with Crippen LogP contribution in [0.5, 0.6) is 0 Å². The van der Waals surface area contributed by atoms with E-state index in [4.69, 9.17) is 4.74 Å². The van der Waals surface area contributed by atoms with Crippen LogP contribution in [0.4, 0.5) is 0 Å². The molecule has 2 rings (SSSR count). The predicted octanol–water partition coefficient (Wildman–Crippen LogP) is 4.17. The molecule has 112 valence electrons. The zero-order valence-corrected chi connectivity index (χ0v) is 12.8. The number of hydrogen-bond acceptors (Lipinski definition) is 2. The SMILES string of the molecule is CC[C@@H]1C[C@@H](CCOCc2ccccc2)CC[C@@]1(C)O. The van der Waals surface area contributed by atoms with Crippen LogP contribution >= 0.6 is 0 Å². The maximum Gasteiger partial charge on any atom is 0.0716 e. The molecule has 1 aliphatic rings. The van der Waals surface area contributed by atoms with Gasteiger partial charge in [0.1, 0.15) is 0 Å². The Balaban J connectivity index is 1.67. The van der Waals surface area contributed by atoms with Crippen LogP contribution in [-0.2, 0) is 11.3 Å². The summed E-state index contributed by atoms with van der Waals surface area (Å²) in [4.78, 5) is 0. The van der Waals surface area contributed by atoms with Gasteiger partial charge in [-0.2, -0.15) is 0 Å². The van der Waals surface area contributed by atoms with Crippen LogP contribution in [0.3, 0.4) is 0 Å². The van der Waals surface area contributed by atoms with Crippen molar-refractivity contribution in [1.29, 1.82) is 0 Å². The Morgan fingerprint density at radius 1 is 1.30 bits per heavy atom. The second kappa shape index (κ2) is 7.24. The van der Waals surface area contributed by atoms with Crippen molar-refractivity contribution in [2.75, 3.05) is 6.61 Å². The summed E-state index contributed by atoms with van der Waals surface area (Å²) < 4.78 is 5.78. The van der Waals surface area contributed by atoms with Crippen LogP contribution in [0.15, 0.2) is 30.3 Å². The fourth-order valence-corrected chi connectivity index (χ4v) is 3.36. The van der Waals surface area contributed by atoms with E-state index < -0.39 is 5.60 Å². The van der Waals surface area contributed by atoms with Gasteiger partial charge in [-0.15, -0.1) is 0 Å². The van der Waals surface area contributed by atoms with Gasteiger partial charge in [0.25, 0.3) is 0 Å². The third kappa shape index (κ3) is 4.32. The minimum atomic E-state index is -0.448. The minimum absolute atomic E-state index is 0.448. The van der Waals surface area contributed by atoms with E-state index in [2.05, 4.69) is 19.1 Å². The predicted molar refractivity (Wildman–Crippen MR) is 82.5 cm³/mol.